The molecule has 0 unspecified atom stereocenters. The van der Waals surface area contributed by atoms with Crippen LogP contribution in [0.2, 0.25) is 0 Å². The summed E-state index contributed by atoms with van der Waals surface area (Å²) in [6.45, 7) is 2.49. The first-order valence-corrected chi connectivity index (χ1v) is 8.37. The van der Waals surface area contributed by atoms with Crippen molar-refractivity contribution in [1.29, 1.82) is 0 Å². The second-order valence-electron chi connectivity index (χ2n) is 5.59. The molecule has 1 aromatic heterocycles. The van der Waals surface area contributed by atoms with Crippen LogP contribution in [0.3, 0.4) is 0 Å². The Labute approximate surface area is 150 Å². The standard InChI is InChI=1S/C21H19NO4/c1-2-25-19(23)13-12-17-20(24)16-10-6-7-11-18(16)26-21(17)22-14-15-8-4-3-5-9-15/h3-13,22H,2,14H2,1H3/b13-12+. The minimum atomic E-state index is -0.505. The van der Waals surface area contributed by atoms with Crippen LogP contribution in [0.1, 0.15) is 18.1 Å². The normalized spacial score (nSPS) is 11.0. The van der Waals surface area contributed by atoms with Crippen molar-refractivity contribution in [3.63, 3.8) is 0 Å². The average Bonchev–Trinajstić information content (AvgIpc) is 2.67. The maximum absolute atomic E-state index is 12.8. The number of hydrogen-bond donors (Lipinski definition) is 1. The van der Waals surface area contributed by atoms with Gasteiger partial charge in [-0.3, -0.25) is 4.79 Å². The van der Waals surface area contributed by atoms with Gasteiger partial charge in [-0.15, -0.1) is 0 Å². The van der Waals surface area contributed by atoms with E-state index in [1.165, 1.54) is 12.2 Å². The molecule has 3 rings (SSSR count). The van der Waals surface area contributed by atoms with Gasteiger partial charge >= 0.3 is 5.97 Å². The first kappa shape index (κ1) is 17.5. The van der Waals surface area contributed by atoms with E-state index in [2.05, 4.69) is 5.32 Å². The van der Waals surface area contributed by atoms with Gasteiger partial charge in [-0.2, -0.15) is 0 Å². The van der Waals surface area contributed by atoms with Crippen LogP contribution in [0.25, 0.3) is 17.0 Å². The molecule has 0 atom stereocenters. The molecule has 0 radical (unpaired) electrons. The highest BCUT2D eigenvalue weighted by Gasteiger charge is 2.12. The molecule has 0 amide bonds. The summed E-state index contributed by atoms with van der Waals surface area (Å²) in [4.78, 5) is 24.4. The maximum Gasteiger partial charge on any atom is 0.330 e. The number of carbonyl (C=O) groups is 1. The van der Waals surface area contributed by atoms with E-state index in [0.29, 0.717) is 23.4 Å². The molecule has 0 aliphatic heterocycles. The van der Waals surface area contributed by atoms with Gasteiger partial charge in [-0.1, -0.05) is 42.5 Å². The fraction of sp³-hybridized carbons (Fsp3) is 0.143. The van der Waals surface area contributed by atoms with Crippen molar-refractivity contribution < 1.29 is 13.9 Å². The van der Waals surface area contributed by atoms with Crippen LogP contribution in [0.15, 0.2) is 69.9 Å². The minimum Gasteiger partial charge on any atom is -0.463 e. The van der Waals surface area contributed by atoms with E-state index >= 15 is 0 Å². The molecule has 5 heteroatoms. The van der Waals surface area contributed by atoms with Crippen LogP contribution < -0.4 is 10.7 Å². The number of nitrogens with one attached hydrogen (secondary N) is 1. The molecule has 1 heterocycles. The van der Waals surface area contributed by atoms with Crippen LogP contribution >= 0.6 is 0 Å². The maximum atomic E-state index is 12.8. The van der Waals surface area contributed by atoms with Gasteiger partial charge in [0.25, 0.3) is 0 Å². The Bertz CT molecular complexity index is 990. The summed E-state index contributed by atoms with van der Waals surface area (Å²) in [5, 5.41) is 3.61. The molecule has 0 bridgehead atoms. The Morgan fingerprint density at radius 1 is 1.12 bits per heavy atom. The topological polar surface area (TPSA) is 68.5 Å². The van der Waals surface area contributed by atoms with Crippen molar-refractivity contribution in [2.75, 3.05) is 11.9 Å². The number of para-hydroxylation sites is 1. The van der Waals surface area contributed by atoms with Gasteiger partial charge in [0, 0.05) is 12.6 Å². The summed E-state index contributed by atoms with van der Waals surface area (Å²) in [6.07, 6.45) is 2.67. The zero-order valence-electron chi connectivity index (χ0n) is 14.4. The molecule has 0 saturated heterocycles. The Morgan fingerprint density at radius 3 is 2.62 bits per heavy atom. The summed E-state index contributed by atoms with van der Waals surface area (Å²) in [6, 6.07) is 16.8. The van der Waals surface area contributed by atoms with Gasteiger partial charge in [-0.25, -0.2) is 4.79 Å². The fourth-order valence-corrected chi connectivity index (χ4v) is 2.56. The molecular formula is C21H19NO4. The Hall–Kier alpha value is -3.34. The Kier molecular flexibility index (Phi) is 5.49. The number of hydrogen-bond acceptors (Lipinski definition) is 5. The molecule has 26 heavy (non-hydrogen) atoms. The molecular weight excluding hydrogens is 330 g/mol. The third kappa shape index (κ3) is 4.00. The van der Waals surface area contributed by atoms with Crippen molar-refractivity contribution >= 4 is 28.9 Å². The highest BCUT2D eigenvalue weighted by molar-refractivity contribution is 5.89. The predicted octanol–water partition coefficient (Wildman–Crippen LogP) is 3.98. The molecule has 132 valence electrons. The lowest BCUT2D eigenvalue weighted by atomic mass is 10.1. The number of anilines is 1. The van der Waals surface area contributed by atoms with Gasteiger partial charge in [0.1, 0.15) is 5.58 Å². The summed E-state index contributed by atoms with van der Waals surface area (Å²) >= 11 is 0. The van der Waals surface area contributed by atoms with E-state index in [0.717, 1.165) is 5.56 Å². The fourth-order valence-electron chi connectivity index (χ4n) is 2.56. The van der Waals surface area contributed by atoms with Crippen LogP contribution in [0.5, 0.6) is 0 Å². The number of benzene rings is 2. The van der Waals surface area contributed by atoms with Gasteiger partial charge in [0.15, 0.2) is 0 Å². The number of fused-ring (bicyclic) bond motifs is 1. The van der Waals surface area contributed by atoms with E-state index in [1.807, 2.05) is 30.3 Å². The third-order valence-electron chi connectivity index (χ3n) is 3.80. The number of ether oxygens (including phenoxy) is 1. The Balaban J connectivity index is 1.99. The van der Waals surface area contributed by atoms with E-state index < -0.39 is 5.97 Å². The molecule has 3 aromatic rings. The van der Waals surface area contributed by atoms with E-state index in [-0.39, 0.29) is 17.6 Å². The summed E-state index contributed by atoms with van der Waals surface area (Å²) in [5.74, 6) is -0.188. The quantitative estimate of drug-likeness (QED) is 0.538. The number of rotatable bonds is 6. The number of carbonyl (C=O) groups excluding carboxylic acids is 1. The zero-order chi connectivity index (χ0) is 18.4. The Morgan fingerprint density at radius 2 is 1.85 bits per heavy atom. The van der Waals surface area contributed by atoms with Gasteiger partial charge in [0.05, 0.1) is 17.6 Å². The molecule has 0 saturated carbocycles. The lowest BCUT2D eigenvalue weighted by Gasteiger charge is -2.10. The van der Waals surface area contributed by atoms with Crippen LogP contribution in [-0.2, 0) is 16.1 Å². The van der Waals surface area contributed by atoms with E-state index in [1.54, 1.807) is 31.2 Å². The largest absolute Gasteiger partial charge is 0.463 e. The van der Waals surface area contributed by atoms with Crippen LogP contribution in [-0.4, -0.2) is 12.6 Å². The molecule has 0 fully saturated rings. The van der Waals surface area contributed by atoms with Gasteiger partial charge < -0.3 is 14.5 Å². The van der Waals surface area contributed by atoms with Crippen molar-refractivity contribution in [2.24, 2.45) is 0 Å². The first-order chi connectivity index (χ1) is 12.7. The SMILES string of the molecule is CCOC(=O)/C=C/c1c(NCc2ccccc2)oc2ccccc2c1=O. The van der Waals surface area contributed by atoms with E-state index in [9.17, 15) is 9.59 Å². The second kappa shape index (κ2) is 8.16. The van der Waals surface area contributed by atoms with Crippen molar-refractivity contribution in [1.82, 2.24) is 0 Å². The highest BCUT2D eigenvalue weighted by atomic mass is 16.5. The van der Waals surface area contributed by atoms with Crippen LogP contribution in [0, 0.1) is 0 Å². The van der Waals surface area contributed by atoms with E-state index in [4.69, 9.17) is 9.15 Å². The summed E-state index contributed by atoms with van der Waals surface area (Å²) in [5.41, 5.74) is 1.61. The number of esters is 1. The van der Waals surface area contributed by atoms with Gasteiger partial charge in [-0.05, 0) is 30.7 Å². The van der Waals surface area contributed by atoms with Crippen LogP contribution in [0.4, 0.5) is 5.88 Å². The van der Waals surface area contributed by atoms with Gasteiger partial charge in [0.2, 0.25) is 11.3 Å². The molecule has 5 nitrogen and oxygen atoms in total. The highest BCUT2D eigenvalue weighted by Crippen LogP contribution is 2.21. The second-order valence-corrected chi connectivity index (χ2v) is 5.59. The van der Waals surface area contributed by atoms with Crippen molar-refractivity contribution in [2.45, 2.75) is 13.5 Å². The minimum absolute atomic E-state index is 0.206. The predicted molar refractivity (Wildman–Crippen MR) is 102 cm³/mol. The first-order valence-electron chi connectivity index (χ1n) is 8.37. The van der Waals surface area contributed by atoms with Crippen molar-refractivity contribution in [3.8, 4) is 0 Å². The summed E-state index contributed by atoms with van der Waals surface area (Å²) in [7, 11) is 0. The zero-order valence-corrected chi connectivity index (χ0v) is 14.4. The monoisotopic (exact) mass is 349 g/mol. The molecule has 1 N–H and O–H groups in total. The molecule has 2 aromatic carbocycles. The lowest BCUT2D eigenvalue weighted by Crippen LogP contribution is -2.11. The average molecular weight is 349 g/mol. The third-order valence-corrected chi connectivity index (χ3v) is 3.80. The van der Waals surface area contributed by atoms with Crippen molar-refractivity contribution in [3.05, 3.63) is 82.0 Å². The molecule has 0 aliphatic rings. The smallest absolute Gasteiger partial charge is 0.330 e. The molecule has 0 aliphatic carbocycles. The molecule has 0 spiro atoms. The lowest BCUT2D eigenvalue weighted by molar-refractivity contribution is -0.137. The summed E-state index contributed by atoms with van der Waals surface area (Å²) < 4.78 is 10.8.